The molecule has 0 radical (unpaired) electrons. The van der Waals surface area contributed by atoms with Crippen LogP contribution < -0.4 is 24.3 Å². The molecule has 2 aromatic carbocycles. The highest BCUT2D eigenvalue weighted by atomic mass is 16.5. The third kappa shape index (κ3) is 5.39. The van der Waals surface area contributed by atoms with E-state index in [1.165, 1.54) is 5.56 Å². The van der Waals surface area contributed by atoms with Crippen molar-refractivity contribution in [2.45, 2.75) is 19.7 Å². The zero-order valence-corrected chi connectivity index (χ0v) is 17.0. The smallest absolute Gasteiger partial charge is 0.203 e. The zero-order valence-electron chi connectivity index (χ0n) is 17.0. The van der Waals surface area contributed by atoms with Crippen molar-refractivity contribution in [2.24, 2.45) is 0 Å². The summed E-state index contributed by atoms with van der Waals surface area (Å²) in [7, 11) is 4.85. The summed E-state index contributed by atoms with van der Waals surface area (Å²) in [5, 5.41) is 3.43. The minimum atomic E-state index is 0.527. The van der Waals surface area contributed by atoms with Gasteiger partial charge in [-0.2, -0.15) is 0 Å². The van der Waals surface area contributed by atoms with Gasteiger partial charge in [-0.05, 0) is 41.5 Å². The van der Waals surface area contributed by atoms with Gasteiger partial charge in [-0.3, -0.25) is 4.98 Å². The monoisotopic (exact) mass is 394 g/mol. The molecule has 3 aromatic rings. The summed E-state index contributed by atoms with van der Waals surface area (Å²) >= 11 is 0. The first-order valence-corrected chi connectivity index (χ1v) is 9.34. The molecule has 0 saturated carbocycles. The van der Waals surface area contributed by atoms with Gasteiger partial charge in [-0.25, -0.2) is 0 Å². The van der Waals surface area contributed by atoms with Gasteiger partial charge in [0.05, 0.1) is 21.3 Å². The quantitative estimate of drug-likeness (QED) is 0.561. The fourth-order valence-electron chi connectivity index (χ4n) is 2.99. The Bertz CT molecular complexity index is 899. The molecule has 6 heteroatoms. The first-order chi connectivity index (χ1) is 14.2. The van der Waals surface area contributed by atoms with Gasteiger partial charge < -0.3 is 24.3 Å². The minimum absolute atomic E-state index is 0.527. The zero-order chi connectivity index (χ0) is 20.5. The molecule has 29 heavy (non-hydrogen) atoms. The molecule has 1 N–H and O–H groups in total. The van der Waals surface area contributed by atoms with Crippen molar-refractivity contribution >= 4 is 0 Å². The van der Waals surface area contributed by atoms with Crippen LogP contribution >= 0.6 is 0 Å². The van der Waals surface area contributed by atoms with E-state index in [1.807, 2.05) is 36.4 Å². The fraction of sp³-hybridized carbons (Fsp3) is 0.261. The average molecular weight is 394 g/mol. The Balaban J connectivity index is 1.54. The highest BCUT2D eigenvalue weighted by Gasteiger charge is 2.15. The Morgan fingerprint density at radius 2 is 1.45 bits per heavy atom. The van der Waals surface area contributed by atoms with Crippen molar-refractivity contribution in [3.8, 4) is 23.0 Å². The third-order valence-corrected chi connectivity index (χ3v) is 4.51. The molecule has 0 aliphatic rings. The minimum Gasteiger partial charge on any atom is -0.493 e. The number of pyridine rings is 1. The van der Waals surface area contributed by atoms with E-state index in [-0.39, 0.29) is 0 Å². The van der Waals surface area contributed by atoms with E-state index in [9.17, 15) is 0 Å². The van der Waals surface area contributed by atoms with E-state index >= 15 is 0 Å². The second-order valence-electron chi connectivity index (χ2n) is 6.39. The van der Waals surface area contributed by atoms with Crippen molar-refractivity contribution in [3.63, 3.8) is 0 Å². The number of hydrogen-bond acceptors (Lipinski definition) is 6. The van der Waals surface area contributed by atoms with Gasteiger partial charge in [0, 0.05) is 31.0 Å². The molecule has 0 spiro atoms. The molecule has 1 aromatic heterocycles. The summed E-state index contributed by atoms with van der Waals surface area (Å²) in [5.74, 6) is 2.77. The molecule has 0 amide bonds. The van der Waals surface area contributed by atoms with Gasteiger partial charge >= 0.3 is 0 Å². The summed E-state index contributed by atoms with van der Waals surface area (Å²) in [6.07, 6.45) is 3.53. The van der Waals surface area contributed by atoms with E-state index in [2.05, 4.69) is 22.4 Å². The van der Waals surface area contributed by atoms with E-state index in [4.69, 9.17) is 18.9 Å². The van der Waals surface area contributed by atoms with Crippen LogP contribution in [0.15, 0.2) is 60.9 Å². The normalized spacial score (nSPS) is 10.4. The molecule has 1 heterocycles. The van der Waals surface area contributed by atoms with Crippen LogP contribution in [0.3, 0.4) is 0 Å². The standard InChI is InChI=1S/C23H26N2O4/c1-26-21-9-6-19(22(27-2)23(21)28-3)15-25-14-17-4-7-20(8-5-17)29-16-18-10-12-24-13-11-18/h4-13,25H,14-16H2,1-3H3. The Morgan fingerprint density at radius 1 is 0.724 bits per heavy atom. The number of hydrogen-bond donors (Lipinski definition) is 1. The van der Waals surface area contributed by atoms with Crippen molar-refractivity contribution < 1.29 is 18.9 Å². The Kier molecular flexibility index (Phi) is 7.30. The molecular weight excluding hydrogens is 368 g/mol. The van der Waals surface area contributed by atoms with Crippen molar-refractivity contribution in [1.82, 2.24) is 10.3 Å². The van der Waals surface area contributed by atoms with E-state index < -0.39 is 0 Å². The van der Waals surface area contributed by atoms with E-state index in [1.54, 1.807) is 33.7 Å². The van der Waals surface area contributed by atoms with Gasteiger partial charge in [0.15, 0.2) is 11.5 Å². The number of nitrogens with zero attached hydrogens (tertiary/aromatic N) is 1. The number of methoxy groups -OCH3 is 3. The largest absolute Gasteiger partial charge is 0.493 e. The van der Waals surface area contributed by atoms with Crippen LogP contribution in [0.25, 0.3) is 0 Å². The molecule has 0 saturated heterocycles. The van der Waals surface area contributed by atoms with E-state index in [0.29, 0.717) is 30.4 Å². The van der Waals surface area contributed by atoms with Gasteiger partial charge in [0.1, 0.15) is 12.4 Å². The molecule has 0 atom stereocenters. The number of rotatable bonds is 10. The van der Waals surface area contributed by atoms with Crippen LogP contribution in [-0.2, 0) is 19.7 Å². The number of benzene rings is 2. The Labute approximate surface area is 171 Å². The maximum Gasteiger partial charge on any atom is 0.203 e. The second kappa shape index (κ2) is 10.3. The van der Waals surface area contributed by atoms with Crippen LogP contribution in [0.1, 0.15) is 16.7 Å². The number of aromatic nitrogens is 1. The molecule has 0 aliphatic carbocycles. The lowest BCUT2D eigenvalue weighted by atomic mass is 10.1. The van der Waals surface area contributed by atoms with Gasteiger partial charge in [-0.1, -0.05) is 18.2 Å². The van der Waals surface area contributed by atoms with Gasteiger partial charge in [-0.15, -0.1) is 0 Å². The number of nitrogens with one attached hydrogen (secondary N) is 1. The average Bonchev–Trinajstić information content (AvgIpc) is 2.78. The lowest BCUT2D eigenvalue weighted by molar-refractivity contribution is 0.306. The molecule has 3 rings (SSSR count). The SMILES string of the molecule is COc1ccc(CNCc2ccc(OCc3ccncc3)cc2)c(OC)c1OC. The topological polar surface area (TPSA) is 61.8 Å². The van der Waals surface area contributed by atoms with Crippen LogP contribution in [0.4, 0.5) is 0 Å². The molecule has 0 fully saturated rings. The van der Waals surface area contributed by atoms with Crippen LogP contribution in [-0.4, -0.2) is 26.3 Å². The lowest BCUT2D eigenvalue weighted by Crippen LogP contribution is -2.13. The van der Waals surface area contributed by atoms with Crippen molar-refractivity contribution in [1.29, 1.82) is 0 Å². The van der Waals surface area contributed by atoms with Crippen molar-refractivity contribution in [3.05, 3.63) is 77.6 Å². The van der Waals surface area contributed by atoms with Gasteiger partial charge in [0.2, 0.25) is 5.75 Å². The summed E-state index contributed by atoms with van der Waals surface area (Å²) in [4.78, 5) is 4.01. The highest BCUT2D eigenvalue weighted by Crippen LogP contribution is 2.39. The Morgan fingerprint density at radius 3 is 2.10 bits per heavy atom. The molecule has 0 bridgehead atoms. The maximum absolute atomic E-state index is 5.81. The fourth-order valence-corrected chi connectivity index (χ4v) is 2.99. The summed E-state index contributed by atoms with van der Waals surface area (Å²) in [6.45, 7) is 1.89. The van der Waals surface area contributed by atoms with Gasteiger partial charge in [0.25, 0.3) is 0 Å². The number of ether oxygens (including phenoxy) is 4. The maximum atomic E-state index is 5.81. The predicted molar refractivity (Wildman–Crippen MR) is 112 cm³/mol. The first-order valence-electron chi connectivity index (χ1n) is 9.34. The first kappa shape index (κ1) is 20.5. The van der Waals surface area contributed by atoms with Crippen LogP contribution in [0.5, 0.6) is 23.0 Å². The summed E-state index contributed by atoms with van der Waals surface area (Å²) in [6, 6.07) is 15.8. The summed E-state index contributed by atoms with van der Waals surface area (Å²) < 4.78 is 22.1. The van der Waals surface area contributed by atoms with Crippen LogP contribution in [0.2, 0.25) is 0 Å². The lowest BCUT2D eigenvalue weighted by Gasteiger charge is -2.16. The summed E-state index contributed by atoms with van der Waals surface area (Å²) in [5.41, 5.74) is 3.26. The van der Waals surface area contributed by atoms with E-state index in [0.717, 1.165) is 23.4 Å². The predicted octanol–water partition coefficient (Wildman–Crippen LogP) is 3.98. The highest BCUT2D eigenvalue weighted by molar-refractivity contribution is 5.55. The second-order valence-corrected chi connectivity index (χ2v) is 6.39. The third-order valence-electron chi connectivity index (χ3n) is 4.51. The van der Waals surface area contributed by atoms with Crippen LogP contribution in [0, 0.1) is 0 Å². The molecular formula is C23H26N2O4. The molecule has 152 valence electrons. The molecule has 0 aliphatic heterocycles. The molecule has 6 nitrogen and oxygen atoms in total. The van der Waals surface area contributed by atoms with Crippen molar-refractivity contribution in [2.75, 3.05) is 21.3 Å². The molecule has 0 unspecified atom stereocenters. The Hall–Kier alpha value is -3.25.